The largest absolute Gasteiger partial charge is 0.497 e. The molecule has 1 unspecified atom stereocenters. The first kappa shape index (κ1) is 15.4. The average Bonchev–Trinajstić information content (AvgIpc) is 2.47. The van der Waals surface area contributed by atoms with E-state index in [4.69, 9.17) is 10.5 Å². The minimum atomic E-state index is 0.149. The summed E-state index contributed by atoms with van der Waals surface area (Å²) in [5, 5.41) is 0. The van der Waals surface area contributed by atoms with Crippen molar-refractivity contribution in [1.82, 2.24) is 0 Å². The van der Waals surface area contributed by atoms with Crippen LogP contribution in [0.1, 0.15) is 22.7 Å². The molecule has 0 aliphatic carbocycles. The van der Waals surface area contributed by atoms with E-state index in [9.17, 15) is 0 Å². The van der Waals surface area contributed by atoms with E-state index >= 15 is 0 Å². The van der Waals surface area contributed by atoms with E-state index in [1.807, 2.05) is 18.2 Å². The van der Waals surface area contributed by atoms with Crippen LogP contribution in [-0.2, 0) is 0 Å². The molecule has 0 saturated heterocycles. The monoisotopic (exact) mass is 284 g/mol. The quantitative estimate of drug-likeness (QED) is 0.914. The Labute approximate surface area is 127 Å². The molecule has 2 N–H and O–H groups in total. The van der Waals surface area contributed by atoms with Crippen molar-refractivity contribution < 1.29 is 4.74 Å². The van der Waals surface area contributed by atoms with Gasteiger partial charge in [-0.15, -0.1) is 0 Å². The fourth-order valence-corrected chi connectivity index (χ4v) is 2.73. The van der Waals surface area contributed by atoms with Crippen molar-refractivity contribution in [2.24, 2.45) is 5.73 Å². The molecule has 1 atom stereocenters. The van der Waals surface area contributed by atoms with Crippen LogP contribution >= 0.6 is 0 Å². The number of benzene rings is 2. The molecule has 0 radical (unpaired) electrons. The minimum Gasteiger partial charge on any atom is -0.497 e. The van der Waals surface area contributed by atoms with Gasteiger partial charge in [0, 0.05) is 25.3 Å². The van der Waals surface area contributed by atoms with Crippen LogP contribution in [0.4, 0.5) is 5.69 Å². The zero-order valence-corrected chi connectivity index (χ0v) is 13.3. The second kappa shape index (κ2) is 6.64. The molecule has 3 nitrogen and oxygen atoms in total. The SMILES string of the molecule is COc1cccc(N(C)C(CN)c2cc(C)cc(C)c2)c1. The van der Waals surface area contributed by atoms with Gasteiger partial charge in [-0.25, -0.2) is 0 Å². The van der Waals surface area contributed by atoms with Gasteiger partial charge in [-0.2, -0.15) is 0 Å². The molecule has 0 amide bonds. The maximum absolute atomic E-state index is 6.04. The number of rotatable bonds is 5. The first-order valence-corrected chi connectivity index (χ1v) is 7.20. The first-order chi connectivity index (χ1) is 10.0. The molecule has 3 heteroatoms. The smallest absolute Gasteiger partial charge is 0.120 e. The summed E-state index contributed by atoms with van der Waals surface area (Å²) in [5.74, 6) is 0.857. The Bertz CT molecular complexity index is 590. The van der Waals surface area contributed by atoms with Crippen LogP contribution in [0, 0.1) is 13.8 Å². The van der Waals surface area contributed by atoms with E-state index in [1.165, 1.54) is 16.7 Å². The Balaban J connectivity index is 2.35. The number of anilines is 1. The highest BCUT2D eigenvalue weighted by molar-refractivity contribution is 5.52. The minimum absolute atomic E-state index is 0.149. The molecule has 0 spiro atoms. The topological polar surface area (TPSA) is 38.5 Å². The molecular formula is C18H24N2O. The van der Waals surface area contributed by atoms with Crippen LogP contribution in [0.25, 0.3) is 0 Å². The molecule has 0 aliphatic rings. The summed E-state index contributed by atoms with van der Waals surface area (Å²) in [5.41, 5.74) is 10.9. The molecule has 0 aliphatic heterocycles. The van der Waals surface area contributed by atoms with E-state index in [0.29, 0.717) is 6.54 Å². The van der Waals surface area contributed by atoms with E-state index < -0.39 is 0 Å². The second-order valence-electron chi connectivity index (χ2n) is 5.48. The summed E-state index contributed by atoms with van der Waals surface area (Å²) in [7, 11) is 3.76. The van der Waals surface area contributed by atoms with Crippen molar-refractivity contribution >= 4 is 5.69 Å². The van der Waals surface area contributed by atoms with Crippen LogP contribution in [0.5, 0.6) is 5.75 Å². The van der Waals surface area contributed by atoms with Gasteiger partial charge in [0.1, 0.15) is 5.75 Å². The number of hydrogen-bond donors (Lipinski definition) is 1. The van der Waals surface area contributed by atoms with Gasteiger partial charge in [-0.3, -0.25) is 0 Å². The van der Waals surface area contributed by atoms with Crippen molar-refractivity contribution in [3.63, 3.8) is 0 Å². The van der Waals surface area contributed by atoms with Gasteiger partial charge < -0.3 is 15.4 Å². The molecule has 112 valence electrons. The highest BCUT2D eigenvalue weighted by Crippen LogP contribution is 2.28. The molecule has 21 heavy (non-hydrogen) atoms. The molecule has 0 fully saturated rings. The standard InChI is InChI=1S/C18H24N2O/c1-13-8-14(2)10-15(9-13)18(12-19)20(3)16-6-5-7-17(11-16)21-4/h5-11,18H,12,19H2,1-4H3. The number of aryl methyl sites for hydroxylation is 2. The van der Waals surface area contributed by atoms with E-state index in [-0.39, 0.29) is 6.04 Å². The van der Waals surface area contributed by atoms with Crippen LogP contribution in [0.2, 0.25) is 0 Å². The fourth-order valence-electron chi connectivity index (χ4n) is 2.73. The highest BCUT2D eigenvalue weighted by Gasteiger charge is 2.17. The predicted molar refractivity (Wildman–Crippen MR) is 89.1 cm³/mol. The summed E-state index contributed by atoms with van der Waals surface area (Å²) in [6.45, 7) is 4.81. The number of hydrogen-bond acceptors (Lipinski definition) is 3. The molecule has 2 rings (SSSR count). The molecule has 0 bridgehead atoms. The molecule has 0 heterocycles. The summed E-state index contributed by atoms with van der Waals surface area (Å²) in [4.78, 5) is 2.21. The van der Waals surface area contributed by atoms with Crippen molar-refractivity contribution in [3.05, 3.63) is 59.2 Å². The van der Waals surface area contributed by atoms with Gasteiger partial charge >= 0.3 is 0 Å². The number of nitrogens with two attached hydrogens (primary N) is 1. The average molecular weight is 284 g/mol. The lowest BCUT2D eigenvalue weighted by Gasteiger charge is -2.30. The Hall–Kier alpha value is -2.00. The van der Waals surface area contributed by atoms with Crippen LogP contribution in [0.3, 0.4) is 0 Å². The maximum atomic E-state index is 6.04. The third-order valence-corrected chi connectivity index (χ3v) is 3.78. The summed E-state index contributed by atoms with van der Waals surface area (Å²) >= 11 is 0. The Morgan fingerprint density at radius 1 is 1.10 bits per heavy atom. The summed E-state index contributed by atoms with van der Waals surface area (Å²) < 4.78 is 5.30. The van der Waals surface area contributed by atoms with Crippen molar-refractivity contribution in [2.45, 2.75) is 19.9 Å². The van der Waals surface area contributed by atoms with Crippen molar-refractivity contribution in [3.8, 4) is 5.75 Å². The zero-order chi connectivity index (χ0) is 15.4. The van der Waals surface area contributed by atoms with Gasteiger partial charge in [-0.1, -0.05) is 35.4 Å². The van der Waals surface area contributed by atoms with Gasteiger partial charge in [-0.05, 0) is 31.5 Å². The molecule has 2 aromatic rings. The van der Waals surface area contributed by atoms with Crippen LogP contribution in [0.15, 0.2) is 42.5 Å². The van der Waals surface area contributed by atoms with Crippen molar-refractivity contribution in [1.29, 1.82) is 0 Å². The lowest BCUT2D eigenvalue weighted by molar-refractivity contribution is 0.414. The maximum Gasteiger partial charge on any atom is 0.120 e. The van der Waals surface area contributed by atoms with Gasteiger partial charge in [0.25, 0.3) is 0 Å². The predicted octanol–water partition coefficient (Wildman–Crippen LogP) is 3.45. The Morgan fingerprint density at radius 2 is 1.76 bits per heavy atom. The third kappa shape index (κ3) is 3.56. The second-order valence-corrected chi connectivity index (χ2v) is 5.48. The van der Waals surface area contributed by atoms with Crippen LogP contribution < -0.4 is 15.4 Å². The highest BCUT2D eigenvalue weighted by atomic mass is 16.5. The lowest BCUT2D eigenvalue weighted by atomic mass is 10.00. The Kier molecular flexibility index (Phi) is 4.86. The number of methoxy groups -OCH3 is 1. The first-order valence-electron chi connectivity index (χ1n) is 7.20. The molecular weight excluding hydrogens is 260 g/mol. The normalized spacial score (nSPS) is 12.0. The number of nitrogens with zero attached hydrogens (tertiary/aromatic N) is 1. The van der Waals surface area contributed by atoms with Gasteiger partial charge in [0.15, 0.2) is 0 Å². The summed E-state index contributed by atoms with van der Waals surface area (Å²) in [6.07, 6.45) is 0. The van der Waals surface area contributed by atoms with E-state index in [1.54, 1.807) is 7.11 Å². The number of ether oxygens (including phenoxy) is 1. The van der Waals surface area contributed by atoms with Gasteiger partial charge in [0.2, 0.25) is 0 Å². The zero-order valence-electron chi connectivity index (χ0n) is 13.3. The van der Waals surface area contributed by atoms with Crippen LogP contribution in [-0.4, -0.2) is 20.7 Å². The van der Waals surface area contributed by atoms with E-state index in [2.05, 4.69) is 50.1 Å². The summed E-state index contributed by atoms with van der Waals surface area (Å²) in [6, 6.07) is 14.8. The molecule has 2 aromatic carbocycles. The fraction of sp³-hybridized carbons (Fsp3) is 0.333. The molecule has 0 saturated carbocycles. The molecule has 0 aromatic heterocycles. The third-order valence-electron chi connectivity index (χ3n) is 3.78. The lowest BCUT2D eigenvalue weighted by Crippen LogP contribution is -2.30. The van der Waals surface area contributed by atoms with Gasteiger partial charge in [0.05, 0.1) is 13.2 Å². The number of likely N-dealkylation sites (N-methyl/N-ethyl adjacent to an activating group) is 1. The van der Waals surface area contributed by atoms with E-state index in [0.717, 1.165) is 11.4 Å². The van der Waals surface area contributed by atoms with Crippen molar-refractivity contribution in [2.75, 3.05) is 25.6 Å². The Morgan fingerprint density at radius 3 is 2.33 bits per heavy atom.